The number of esters is 1. The zero-order valence-corrected chi connectivity index (χ0v) is 18.3. The van der Waals surface area contributed by atoms with Crippen molar-refractivity contribution in [2.45, 2.75) is 103 Å². The van der Waals surface area contributed by atoms with Gasteiger partial charge in [-0.05, 0) is 18.6 Å². The molecule has 3 nitrogen and oxygen atoms in total. The van der Waals surface area contributed by atoms with Crippen molar-refractivity contribution in [2.24, 2.45) is 0 Å². The maximum absolute atomic E-state index is 12.1. The molecule has 0 radical (unpaired) electrons. The van der Waals surface area contributed by atoms with E-state index in [4.69, 9.17) is 9.47 Å². The molecule has 0 N–H and O–H groups in total. The molecule has 0 saturated carbocycles. The van der Waals surface area contributed by atoms with Crippen molar-refractivity contribution in [3.63, 3.8) is 0 Å². The highest BCUT2D eigenvalue weighted by Gasteiger charge is 2.12. The van der Waals surface area contributed by atoms with E-state index >= 15 is 0 Å². The van der Waals surface area contributed by atoms with Crippen LogP contribution in [0.25, 0.3) is 0 Å². The van der Waals surface area contributed by atoms with Crippen molar-refractivity contribution < 1.29 is 14.3 Å². The molecule has 3 heteroatoms. The van der Waals surface area contributed by atoms with Gasteiger partial charge in [-0.2, -0.15) is 0 Å². The standard InChI is InChI=1S/C25H42O3/c1-3-4-5-6-7-8-9-10-11-12-13-14-15-16-19-22-28-25(26)23-20-17-18-21-24(23)27-2/h17-18,20-21H,3-16,19,22H2,1-2H3. The molecular weight excluding hydrogens is 348 g/mol. The van der Waals surface area contributed by atoms with E-state index in [0.29, 0.717) is 17.9 Å². The molecule has 0 aromatic heterocycles. The third-order valence-electron chi connectivity index (χ3n) is 5.31. The van der Waals surface area contributed by atoms with E-state index in [9.17, 15) is 4.79 Å². The van der Waals surface area contributed by atoms with Crippen LogP contribution in [0, 0.1) is 0 Å². The van der Waals surface area contributed by atoms with Gasteiger partial charge in [0.15, 0.2) is 0 Å². The summed E-state index contributed by atoms with van der Waals surface area (Å²) in [5.41, 5.74) is 0.506. The number of benzene rings is 1. The van der Waals surface area contributed by atoms with Crippen molar-refractivity contribution in [3.8, 4) is 5.75 Å². The molecule has 1 rings (SSSR count). The number of methoxy groups -OCH3 is 1. The van der Waals surface area contributed by atoms with E-state index < -0.39 is 0 Å². The number of hydrogen-bond donors (Lipinski definition) is 0. The molecule has 0 saturated heterocycles. The predicted molar refractivity (Wildman–Crippen MR) is 118 cm³/mol. The Labute approximate surface area is 173 Å². The lowest BCUT2D eigenvalue weighted by Crippen LogP contribution is -2.08. The highest BCUT2D eigenvalue weighted by molar-refractivity contribution is 5.92. The Balaban J connectivity index is 1.86. The second-order valence-corrected chi connectivity index (χ2v) is 7.79. The molecule has 28 heavy (non-hydrogen) atoms. The molecule has 0 aliphatic carbocycles. The summed E-state index contributed by atoms with van der Waals surface area (Å²) in [6.45, 7) is 2.77. The Bertz CT molecular complexity index is 498. The lowest BCUT2D eigenvalue weighted by Gasteiger charge is -2.08. The summed E-state index contributed by atoms with van der Waals surface area (Å²) >= 11 is 0. The number of unbranched alkanes of at least 4 members (excludes halogenated alkanes) is 14. The third kappa shape index (κ3) is 12.0. The second kappa shape index (κ2) is 17.6. The minimum Gasteiger partial charge on any atom is -0.496 e. The molecule has 160 valence electrons. The van der Waals surface area contributed by atoms with Crippen LogP contribution in [0.1, 0.15) is 114 Å². The van der Waals surface area contributed by atoms with Gasteiger partial charge in [-0.1, -0.05) is 109 Å². The second-order valence-electron chi connectivity index (χ2n) is 7.79. The van der Waals surface area contributed by atoms with E-state index in [-0.39, 0.29) is 5.97 Å². The van der Waals surface area contributed by atoms with Gasteiger partial charge in [-0.15, -0.1) is 0 Å². The summed E-state index contributed by atoms with van der Waals surface area (Å²) in [5.74, 6) is 0.284. The smallest absolute Gasteiger partial charge is 0.341 e. The van der Waals surface area contributed by atoms with Gasteiger partial charge in [-0.25, -0.2) is 4.79 Å². The summed E-state index contributed by atoms with van der Waals surface area (Å²) in [7, 11) is 1.57. The maximum atomic E-state index is 12.1. The lowest BCUT2D eigenvalue weighted by molar-refractivity contribution is 0.0494. The number of ether oxygens (including phenoxy) is 2. The first kappa shape index (κ1) is 24.5. The molecule has 0 heterocycles. The van der Waals surface area contributed by atoms with Crippen molar-refractivity contribution in [1.82, 2.24) is 0 Å². The van der Waals surface area contributed by atoms with Crippen molar-refractivity contribution in [1.29, 1.82) is 0 Å². The Morgan fingerprint density at radius 3 is 1.68 bits per heavy atom. The minimum absolute atomic E-state index is 0.289. The van der Waals surface area contributed by atoms with E-state index in [1.807, 2.05) is 12.1 Å². The van der Waals surface area contributed by atoms with Crippen LogP contribution in [0.2, 0.25) is 0 Å². The zero-order chi connectivity index (χ0) is 20.3. The SMILES string of the molecule is CCCCCCCCCCCCCCCCCOC(=O)c1ccccc1OC. The quantitative estimate of drug-likeness (QED) is 0.190. The zero-order valence-electron chi connectivity index (χ0n) is 18.3. The molecule has 0 fully saturated rings. The number of hydrogen-bond acceptors (Lipinski definition) is 3. The molecule has 0 aliphatic heterocycles. The molecule has 0 amide bonds. The van der Waals surface area contributed by atoms with Crippen LogP contribution in [0.4, 0.5) is 0 Å². The molecule has 0 aliphatic rings. The van der Waals surface area contributed by atoms with E-state index in [2.05, 4.69) is 6.92 Å². The van der Waals surface area contributed by atoms with Gasteiger partial charge in [0, 0.05) is 0 Å². The van der Waals surface area contributed by atoms with Crippen molar-refractivity contribution in [3.05, 3.63) is 29.8 Å². The van der Waals surface area contributed by atoms with Crippen molar-refractivity contribution in [2.75, 3.05) is 13.7 Å². The van der Waals surface area contributed by atoms with E-state index in [0.717, 1.165) is 12.8 Å². The van der Waals surface area contributed by atoms with Crippen LogP contribution in [-0.2, 0) is 4.74 Å². The van der Waals surface area contributed by atoms with E-state index in [1.54, 1.807) is 19.2 Å². The third-order valence-corrected chi connectivity index (χ3v) is 5.31. The summed E-state index contributed by atoms with van der Waals surface area (Å²) in [5, 5.41) is 0. The molecule has 0 bridgehead atoms. The molecular formula is C25H42O3. The minimum atomic E-state index is -0.289. The predicted octanol–water partition coefficient (Wildman–Crippen LogP) is 7.72. The summed E-state index contributed by atoms with van der Waals surface area (Å²) in [6, 6.07) is 7.20. The van der Waals surface area contributed by atoms with Crippen molar-refractivity contribution >= 4 is 5.97 Å². The number of carbonyl (C=O) groups excluding carboxylic acids is 1. The van der Waals surface area contributed by atoms with Crippen LogP contribution < -0.4 is 4.74 Å². The Morgan fingerprint density at radius 2 is 1.18 bits per heavy atom. The number of rotatable bonds is 18. The fourth-order valence-corrected chi connectivity index (χ4v) is 3.53. The monoisotopic (exact) mass is 390 g/mol. The molecule has 1 aromatic carbocycles. The fourth-order valence-electron chi connectivity index (χ4n) is 3.53. The van der Waals surface area contributed by atoms with Gasteiger partial charge in [0.2, 0.25) is 0 Å². The van der Waals surface area contributed by atoms with Crippen LogP contribution in [-0.4, -0.2) is 19.7 Å². The molecule has 0 spiro atoms. The number of para-hydroxylation sites is 1. The molecule has 0 unspecified atom stereocenters. The van der Waals surface area contributed by atoms with Gasteiger partial charge >= 0.3 is 5.97 Å². The Hall–Kier alpha value is -1.51. The normalized spacial score (nSPS) is 10.8. The average molecular weight is 391 g/mol. The molecule has 0 atom stereocenters. The first-order valence-electron chi connectivity index (χ1n) is 11.6. The Morgan fingerprint density at radius 1 is 0.714 bits per heavy atom. The van der Waals surface area contributed by atoms with Gasteiger partial charge in [0.25, 0.3) is 0 Å². The summed E-state index contributed by atoms with van der Waals surface area (Å²) in [4.78, 5) is 12.1. The highest BCUT2D eigenvalue weighted by Crippen LogP contribution is 2.18. The Kier molecular flexibility index (Phi) is 15.4. The van der Waals surface area contributed by atoms with Crippen LogP contribution >= 0.6 is 0 Å². The van der Waals surface area contributed by atoms with Gasteiger partial charge < -0.3 is 9.47 Å². The summed E-state index contributed by atoms with van der Waals surface area (Å²) in [6.07, 6.45) is 20.0. The fraction of sp³-hybridized carbons (Fsp3) is 0.720. The van der Waals surface area contributed by atoms with Gasteiger partial charge in [0.05, 0.1) is 13.7 Å². The number of carbonyl (C=O) groups is 1. The maximum Gasteiger partial charge on any atom is 0.341 e. The summed E-state index contributed by atoms with van der Waals surface area (Å²) < 4.78 is 10.6. The first-order valence-corrected chi connectivity index (χ1v) is 11.6. The highest BCUT2D eigenvalue weighted by atomic mass is 16.5. The topological polar surface area (TPSA) is 35.5 Å². The van der Waals surface area contributed by atoms with E-state index in [1.165, 1.54) is 83.5 Å². The van der Waals surface area contributed by atoms with Gasteiger partial charge in [-0.3, -0.25) is 0 Å². The lowest BCUT2D eigenvalue weighted by atomic mass is 10.0. The average Bonchev–Trinajstić information content (AvgIpc) is 2.73. The largest absolute Gasteiger partial charge is 0.496 e. The van der Waals surface area contributed by atoms with Crippen LogP contribution in [0.5, 0.6) is 5.75 Å². The first-order chi connectivity index (χ1) is 13.8. The van der Waals surface area contributed by atoms with Crippen LogP contribution in [0.3, 0.4) is 0 Å². The van der Waals surface area contributed by atoms with Gasteiger partial charge in [0.1, 0.15) is 11.3 Å². The molecule has 1 aromatic rings. The van der Waals surface area contributed by atoms with Crippen LogP contribution in [0.15, 0.2) is 24.3 Å².